The van der Waals surface area contributed by atoms with Crippen molar-refractivity contribution < 1.29 is 9.18 Å². The van der Waals surface area contributed by atoms with Gasteiger partial charge in [-0.25, -0.2) is 4.39 Å². The van der Waals surface area contributed by atoms with Gasteiger partial charge in [0.2, 0.25) is 5.91 Å². The van der Waals surface area contributed by atoms with Crippen LogP contribution in [-0.2, 0) is 17.0 Å². The molecule has 0 heterocycles. The third kappa shape index (κ3) is 6.87. The zero-order valence-corrected chi connectivity index (χ0v) is 14.1. The first-order valence-electron chi connectivity index (χ1n) is 7.79. The predicted molar refractivity (Wildman–Crippen MR) is 94.9 cm³/mol. The highest BCUT2D eigenvalue weighted by Crippen LogP contribution is 2.12. The van der Waals surface area contributed by atoms with Gasteiger partial charge in [0, 0.05) is 11.8 Å². The van der Waals surface area contributed by atoms with Gasteiger partial charge >= 0.3 is 0 Å². The van der Waals surface area contributed by atoms with Crippen molar-refractivity contribution in [3.63, 3.8) is 0 Å². The van der Waals surface area contributed by atoms with Gasteiger partial charge in [-0.3, -0.25) is 4.79 Å². The maximum absolute atomic E-state index is 12.8. The zero-order valence-electron chi connectivity index (χ0n) is 13.3. The number of amides is 1. The third-order valence-corrected chi connectivity index (χ3v) is 4.54. The Balaban J connectivity index is 1.63. The van der Waals surface area contributed by atoms with Gasteiger partial charge < -0.3 is 5.32 Å². The van der Waals surface area contributed by atoms with Gasteiger partial charge in [-0.15, -0.1) is 11.8 Å². The van der Waals surface area contributed by atoms with Crippen LogP contribution < -0.4 is 5.32 Å². The van der Waals surface area contributed by atoms with E-state index in [4.69, 9.17) is 0 Å². The van der Waals surface area contributed by atoms with Gasteiger partial charge in [0.1, 0.15) is 5.82 Å². The molecule has 1 atom stereocenters. The van der Waals surface area contributed by atoms with E-state index in [1.165, 1.54) is 17.7 Å². The molecule has 0 radical (unpaired) electrons. The van der Waals surface area contributed by atoms with Crippen LogP contribution >= 0.6 is 11.8 Å². The molecule has 0 saturated carbocycles. The van der Waals surface area contributed by atoms with Crippen LogP contribution in [-0.4, -0.2) is 17.7 Å². The molecule has 0 aliphatic heterocycles. The number of nitrogens with one attached hydrogen (secondary N) is 1. The summed E-state index contributed by atoms with van der Waals surface area (Å²) in [4.78, 5) is 11.9. The van der Waals surface area contributed by atoms with Crippen LogP contribution in [0.1, 0.15) is 24.5 Å². The lowest BCUT2D eigenvalue weighted by molar-refractivity contribution is -0.119. The summed E-state index contributed by atoms with van der Waals surface area (Å²) >= 11 is 1.54. The molecule has 1 amide bonds. The molecule has 0 aliphatic rings. The number of rotatable bonds is 8. The fraction of sp³-hybridized carbons (Fsp3) is 0.316. The second-order valence-corrected chi connectivity index (χ2v) is 6.60. The van der Waals surface area contributed by atoms with Crippen LogP contribution in [0.15, 0.2) is 54.6 Å². The highest BCUT2D eigenvalue weighted by molar-refractivity contribution is 7.99. The Labute approximate surface area is 141 Å². The summed E-state index contributed by atoms with van der Waals surface area (Å²) in [7, 11) is 0. The van der Waals surface area contributed by atoms with E-state index in [-0.39, 0.29) is 17.8 Å². The Kier molecular flexibility index (Phi) is 7.14. The first-order valence-corrected chi connectivity index (χ1v) is 8.94. The number of carbonyl (C=O) groups excluding carboxylic acids is 1. The Morgan fingerprint density at radius 2 is 1.78 bits per heavy atom. The van der Waals surface area contributed by atoms with E-state index in [1.54, 1.807) is 23.9 Å². The molecule has 1 N–H and O–H groups in total. The second kappa shape index (κ2) is 9.36. The first kappa shape index (κ1) is 17.5. The largest absolute Gasteiger partial charge is 0.353 e. The van der Waals surface area contributed by atoms with Crippen molar-refractivity contribution in [3.05, 3.63) is 71.5 Å². The number of benzene rings is 2. The van der Waals surface area contributed by atoms with Crippen LogP contribution in [0, 0.1) is 5.82 Å². The average Bonchev–Trinajstić information content (AvgIpc) is 2.56. The monoisotopic (exact) mass is 331 g/mol. The third-order valence-electron chi connectivity index (χ3n) is 3.53. The summed E-state index contributed by atoms with van der Waals surface area (Å²) in [5.41, 5.74) is 2.32. The molecule has 0 fully saturated rings. The Bertz CT molecular complexity index is 601. The second-order valence-electron chi connectivity index (χ2n) is 5.61. The smallest absolute Gasteiger partial charge is 0.230 e. The number of aryl methyl sites for hydroxylation is 1. The topological polar surface area (TPSA) is 29.1 Å². The minimum Gasteiger partial charge on any atom is -0.353 e. The van der Waals surface area contributed by atoms with E-state index in [0.717, 1.165) is 18.4 Å². The van der Waals surface area contributed by atoms with Crippen molar-refractivity contribution in [2.45, 2.75) is 31.6 Å². The van der Waals surface area contributed by atoms with E-state index in [9.17, 15) is 9.18 Å². The van der Waals surface area contributed by atoms with Gasteiger partial charge in [-0.05, 0) is 43.0 Å². The Morgan fingerprint density at radius 1 is 1.09 bits per heavy atom. The molecule has 1 unspecified atom stereocenters. The average molecular weight is 331 g/mol. The van der Waals surface area contributed by atoms with E-state index < -0.39 is 0 Å². The Morgan fingerprint density at radius 3 is 2.48 bits per heavy atom. The molecule has 2 rings (SSSR count). The van der Waals surface area contributed by atoms with Crippen LogP contribution in [0.25, 0.3) is 0 Å². The summed E-state index contributed by atoms with van der Waals surface area (Å²) in [5, 5.41) is 3.03. The van der Waals surface area contributed by atoms with Crippen molar-refractivity contribution in [2.24, 2.45) is 0 Å². The maximum atomic E-state index is 12.8. The van der Waals surface area contributed by atoms with Crippen LogP contribution in [0.2, 0.25) is 0 Å². The molecular weight excluding hydrogens is 309 g/mol. The fourth-order valence-electron chi connectivity index (χ4n) is 2.26. The van der Waals surface area contributed by atoms with E-state index >= 15 is 0 Å². The van der Waals surface area contributed by atoms with Gasteiger partial charge in [0.05, 0.1) is 5.75 Å². The summed E-state index contributed by atoms with van der Waals surface area (Å²) in [6.07, 6.45) is 1.89. The first-order chi connectivity index (χ1) is 11.1. The molecule has 4 heteroatoms. The Hall–Kier alpha value is -1.81. The minimum atomic E-state index is -0.233. The van der Waals surface area contributed by atoms with Gasteiger partial charge in [-0.1, -0.05) is 42.5 Å². The van der Waals surface area contributed by atoms with Crippen molar-refractivity contribution in [1.82, 2.24) is 5.32 Å². The summed E-state index contributed by atoms with van der Waals surface area (Å²) in [6.45, 7) is 2.03. The van der Waals surface area contributed by atoms with Crippen LogP contribution in [0.5, 0.6) is 0 Å². The molecule has 2 nitrogen and oxygen atoms in total. The number of hydrogen-bond donors (Lipinski definition) is 1. The quantitative estimate of drug-likeness (QED) is 0.785. The normalized spacial score (nSPS) is 11.9. The molecule has 0 aromatic heterocycles. The number of halogens is 1. The van der Waals surface area contributed by atoms with Crippen molar-refractivity contribution in [1.29, 1.82) is 0 Å². The predicted octanol–water partition coefficient (Wildman–Crippen LogP) is 4.20. The summed E-state index contributed by atoms with van der Waals surface area (Å²) in [6, 6.07) is 16.8. The highest BCUT2D eigenvalue weighted by Gasteiger charge is 2.08. The molecular formula is C19H22FNOS. The van der Waals surface area contributed by atoms with E-state index in [0.29, 0.717) is 11.5 Å². The van der Waals surface area contributed by atoms with Gasteiger partial charge in [0.15, 0.2) is 0 Å². The minimum absolute atomic E-state index is 0.0534. The number of thioether (sulfide) groups is 1. The molecule has 0 aliphatic carbocycles. The van der Waals surface area contributed by atoms with E-state index in [2.05, 4.69) is 17.4 Å². The highest BCUT2D eigenvalue weighted by atomic mass is 32.2. The van der Waals surface area contributed by atoms with Crippen molar-refractivity contribution >= 4 is 17.7 Å². The molecule has 0 spiro atoms. The fourth-order valence-corrected chi connectivity index (χ4v) is 3.06. The lowest BCUT2D eigenvalue weighted by atomic mass is 10.1. The summed E-state index contributed by atoms with van der Waals surface area (Å²) in [5.74, 6) is 0.959. The molecule has 0 saturated heterocycles. The molecule has 23 heavy (non-hydrogen) atoms. The van der Waals surface area contributed by atoms with Gasteiger partial charge in [0.25, 0.3) is 0 Å². The van der Waals surface area contributed by atoms with Crippen LogP contribution in [0.4, 0.5) is 4.39 Å². The number of hydrogen-bond acceptors (Lipinski definition) is 2. The lowest BCUT2D eigenvalue weighted by Crippen LogP contribution is -2.34. The van der Waals surface area contributed by atoms with E-state index in [1.807, 2.05) is 25.1 Å². The molecule has 122 valence electrons. The molecule has 2 aromatic rings. The molecule has 2 aromatic carbocycles. The summed E-state index contributed by atoms with van der Waals surface area (Å²) < 4.78 is 12.8. The maximum Gasteiger partial charge on any atom is 0.230 e. The molecule has 0 bridgehead atoms. The van der Waals surface area contributed by atoms with Gasteiger partial charge in [-0.2, -0.15) is 0 Å². The standard InChI is InChI=1S/C19H22FNOS/c1-15(7-8-16-5-3-2-4-6-16)21-19(22)14-23-13-17-9-11-18(20)12-10-17/h2-6,9-12,15H,7-8,13-14H2,1H3,(H,21,22). The number of carbonyl (C=O) groups is 1. The SMILES string of the molecule is CC(CCc1ccccc1)NC(=O)CSCc1ccc(F)cc1. The van der Waals surface area contributed by atoms with Crippen LogP contribution in [0.3, 0.4) is 0 Å². The zero-order chi connectivity index (χ0) is 16.5. The van der Waals surface area contributed by atoms with Crippen molar-refractivity contribution in [2.75, 3.05) is 5.75 Å². The van der Waals surface area contributed by atoms with Crippen molar-refractivity contribution in [3.8, 4) is 0 Å². The lowest BCUT2D eigenvalue weighted by Gasteiger charge is -2.13.